The van der Waals surface area contributed by atoms with Gasteiger partial charge in [0.25, 0.3) is 5.91 Å². The van der Waals surface area contributed by atoms with E-state index in [1.54, 1.807) is 17.7 Å². The fourth-order valence-corrected chi connectivity index (χ4v) is 4.05. The van der Waals surface area contributed by atoms with E-state index >= 15 is 0 Å². The summed E-state index contributed by atoms with van der Waals surface area (Å²) in [5.41, 5.74) is 1.97. The van der Waals surface area contributed by atoms with Crippen LogP contribution in [0, 0.1) is 0 Å². The van der Waals surface area contributed by atoms with Crippen molar-refractivity contribution in [1.82, 2.24) is 19.7 Å². The predicted octanol–water partition coefficient (Wildman–Crippen LogP) is 3.76. The van der Waals surface area contributed by atoms with Gasteiger partial charge >= 0.3 is 0 Å². The van der Waals surface area contributed by atoms with E-state index < -0.39 is 0 Å². The standard InChI is InChI=1S/C19H20N4OS/c24-19(16-9-11-25-13-16)23-10-5-4-8-17(23)18-21-20-14-22(18)12-15-6-2-1-3-7-15/h1-3,6-7,9,11,13-14,17H,4-5,8,10,12H2/t17-/m1/s1. The molecule has 0 bridgehead atoms. The van der Waals surface area contributed by atoms with E-state index in [0.717, 1.165) is 43.7 Å². The Morgan fingerprint density at radius 1 is 1.20 bits per heavy atom. The number of carbonyl (C=O) groups is 1. The third-order valence-corrected chi connectivity index (χ3v) is 5.35. The van der Waals surface area contributed by atoms with Crippen LogP contribution >= 0.6 is 11.3 Å². The average molecular weight is 352 g/mol. The molecule has 1 saturated heterocycles. The van der Waals surface area contributed by atoms with E-state index in [0.29, 0.717) is 0 Å². The third kappa shape index (κ3) is 3.35. The smallest absolute Gasteiger partial charge is 0.255 e. The largest absolute Gasteiger partial charge is 0.328 e. The quantitative estimate of drug-likeness (QED) is 0.718. The van der Waals surface area contributed by atoms with Gasteiger partial charge in [0.2, 0.25) is 0 Å². The van der Waals surface area contributed by atoms with Crippen molar-refractivity contribution in [3.63, 3.8) is 0 Å². The lowest BCUT2D eigenvalue weighted by Gasteiger charge is -2.35. The summed E-state index contributed by atoms with van der Waals surface area (Å²) in [5.74, 6) is 0.979. The van der Waals surface area contributed by atoms with Gasteiger partial charge in [-0.3, -0.25) is 4.79 Å². The summed E-state index contributed by atoms with van der Waals surface area (Å²) in [6, 6.07) is 12.2. The lowest BCUT2D eigenvalue weighted by molar-refractivity contribution is 0.0595. The van der Waals surface area contributed by atoms with E-state index in [1.165, 1.54) is 5.56 Å². The molecule has 0 spiro atoms. The number of piperidine rings is 1. The molecule has 3 heterocycles. The first-order valence-electron chi connectivity index (χ1n) is 8.58. The van der Waals surface area contributed by atoms with Crippen LogP contribution in [-0.2, 0) is 6.54 Å². The van der Waals surface area contributed by atoms with Crippen LogP contribution in [0.1, 0.15) is 47.1 Å². The highest BCUT2D eigenvalue weighted by molar-refractivity contribution is 7.08. The molecule has 1 atom stereocenters. The maximum absolute atomic E-state index is 12.9. The van der Waals surface area contributed by atoms with E-state index in [9.17, 15) is 4.79 Å². The number of aromatic nitrogens is 3. The first-order valence-corrected chi connectivity index (χ1v) is 9.52. The van der Waals surface area contributed by atoms with Crippen molar-refractivity contribution in [3.05, 3.63) is 70.4 Å². The summed E-state index contributed by atoms with van der Waals surface area (Å²) in [5, 5.41) is 12.4. The minimum atomic E-state index is -0.00707. The number of carbonyl (C=O) groups excluding carboxylic acids is 1. The third-order valence-electron chi connectivity index (χ3n) is 4.67. The Morgan fingerprint density at radius 3 is 2.88 bits per heavy atom. The molecule has 0 unspecified atom stereocenters. The monoisotopic (exact) mass is 352 g/mol. The maximum atomic E-state index is 12.9. The number of likely N-dealkylation sites (tertiary alicyclic amines) is 1. The minimum Gasteiger partial charge on any atom is -0.328 e. The van der Waals surface area contributed by atoms with Gasteiger partial charge in [-0.2, -0.15) is 11.3 Å². The summed E-state index contributed by atoms with van der Waals surface area (Å²) in [6.07, 6.45) is 4.85. The topological polar surface area (TPSA) is 51.0 Å². The van der Waals surface area contributed by atoms with Crippen molar-refractivity contribution in [2.75, 3.05) is 6.54 Å². The number of amides is 1. The van der Waals surface area contributed by atoms with Crippen molar-refractivity contribution in [3.8, 4) is 0 Å². The molecule has 0 aliphatic carbocycles. The summed E-state index contributed by atoms with van der Waals surface area (Å²) >= 11 is 1.55. The number of rotatable bonds is 4. The SMILES string of the molecule is O=C(c1ccsc1)N1CCCC[C@@H]1c1nncn1Cc1ccccc1. The Morgan fingerprint density at radius 2 is 2.08 bits per heavy atom. The first kappa shape index (κ1) is 16.0. The van der Waals surface area contributed by atoms with Gasteiger partial charge < -0.3 is 9.47 Å². The molecule has 1 aliphatic heterocycles. The minimum absolute atomic E-state index is 0.00707. The summed E-state index contributed by atoms with van der Waals surface area (Å²) < 4.78 is 2.07. The Kier molecular flexibility index (Phi) is 4.61. The molecule has 25 heavy (non-hydrogen) atoms. The Bertz CT molecular complexity index is 828. The second-order valence-corrected chi connectivity index (χ2v) is 7.10. The molecule has 1 amide bonds. The zero-order valence-corrected chi connectivity index (χ0v) is 14.7. The molecular formula is C19H20N4OS. The van der Waals surface area contributed by atoms with Crippen LogP contribution in [0.3, 0.4) is 0 Å². The van der Waals surface area contributed by atoms with Gasteiger partial charge in [-0.15, -0.1) is 10.2 Å². The zero-order chi connectivity index (χ0) is 17.1. The molecule has 0 radical (unpaired) electrons. The van der Waals surface area contributed by atoms with E-state index in [4.69, 9.17) is 0 Å². The molecule has 3 aromatic rings. The van der Waals surface area contributed by atoms with Gasteiger partial charge in [-0.1, -0.05) is 30.3 Å². The molecule has 1 aromatic carbocycles. The summed E-state index contributed by atoms with van der Waals surface area (Å²) in [7, 11) is 0. The Balaban J connectivity index is 1.61. The number of hydrogen-bond donors (Lipinski definition) is 0. The zero-order valence-electron chi connectivity index (χ0n) is 13.9. The van der Waals surface area contributed by atoms with Crippen LogP contribution in [0.15, 0.2) is 53.5 Å². The lowest BCUT2D eigenvalue weighted by atomic mass is 10.0. The van der Waals surface area contributed by atoms with Crippen LogP contribution in [0.2, 0.25) is 0 Å². The highest BCUT2D eigenvalue weighted by Crippen LogP contribution is 2.31. The van der Waals surface area contributed by atoms with Crippen molar-refractivity contribution in [2.24, 2.45) is 0 Å². The fraction of sp³-hybridized carbons (Fsp3) is 0.316. The second-order valence-electron chi connectivity index (χ2n) is 6.32. The maximum Gasteiger partial charge on any atom is 0.255 e. The van der Waals surface area contributed by atoms with Crippen molar-refractivity contribution >= 4 is 17.2 Å². The number of thiophene rings is 1. The van der Waals surface area contributed by atoms with Crippen LogP contribution in [-0.4, -0.2) is 32.1 Å². The number of nitrogens with zero attached hydrogens (tertiary/aromatic N) is 4. The molecule has 128 valence electrons. The van der Waals surface area contributed by atoms with Crippen LogP contribution in [0.4, 0.5) is 0 Å². The normalized spacial score (nSPS) is 17.6. The number of hydrogen-bond acceptors (Lipinski definition) is 4. The molecule has 6 heteroatoms. The molecule has 1 aliphatic rings. The highest BCUT2D eigenvalue weighted by atomic mass is 32.1. The molecule has 5 nitrogen and oxygen atoms in total. The van der Waals surface area contributed by atoms with Gasteiger partial charge in [0.05, 0.1) is 18.2 Å². The molecule has 2 aromatic heterocycles. The molecule has 0 N–H and O–H groups in total. The van der Waals surface area contributed by atoms with Gasteiger partial charge in [0.15, 0.2) is 5.82 Å². The second kappa shape index (κ2) is 7.19. The molecular weight excluding hydrogens is 332 g/mol. The van der Waals surface area contributed by atoms with E-state index in [2.05, 4.69) is 26.9 Å². The first-order chi connectivity index (χ1) is 12.3. The lowest BCUT2D eigenvalue weighted by Crippen LogP contribution is -2.39. The van der Waals surface area contributed by atoms with Crippen molar-refractivity contribution in [2.45, 2.75) is 31.8 Å². The highest BCUT2D eigenvalue weighted by Gasteiger charge is 2.32. The molecule has 1 fully saturated rings. The predicted molar refractivity (Wildman–Crippen MR) is 97.5 cm³/mol. The van der Waals surface area contributed by atoms with E-state index in [-0.39, 0.29) is 11.9 Å². The van der Waals surface area contributed by atoms with Crippen LogP contribution in [0.25, 0.3) is 0 Å². The van der Waals surface area contributed by atoms with Gasteiger partial charge in [0.1, 0.15) is 6.33 Å². The fourth-order valence-electron chi connectivity index (χ4n) is 3.42. The molecule has 0 saturated carbocycles. The van der Waals surface area contributed by atoms with Gasteiger partial charge in [-0.05, 0) is 36.3 Å². The number of benzene rings is 1. The van der Waals surface area contributed by atoms with Crippen LogP contribution in [0.5, 0.6) is 0 Å². The summed E-state index contributed by atoms with van der Waals surface area (Å²) in [6.45, 7) is 1.50. The van der Waals surface area contributed by atoms with Crippen molar-refractivity contribution < 1.29 is 4.79 Å². The van der Waals surface area contributed by atoms with Crippen molar-refractivity contribution in [1.29, 1.82) is 0 Å². The summed E-state index contributed by atoms with van der Waals surface area (Å²) in [4.78, 5) is 14.9. The average Bonchev–Trinajstić information content (AvgIpc) is 3.34. The Hall–Kier alpha value is -2.47. The van der Waals surface area contributed by atoms with E-state index in [1.807, 2.05) is 39.9 Å². The Labute approximate surface area is 150 Å². The molecule has 4 rings (SSSR count). The van der Waals surface area contributed by atoms with Gasteiger partial charge in [-0.25, -0.2) is 0 Å². The van der Waals surface area contributed by atoms with Crippen LogP contribution < -0.4 is 0 Å². The van der Waals surface area contributed by atoms with Gasteiger partial charge in [0, 0.05) is 11.9 Å².